The standard InChI is InChI=1S/C20H19ClN4O3S/c1-28-17-9-5-4-8-16(17)22-11-19(27)25-24-18(26)10-13-12-29-20(23-13)14-6-2-3-7-15(14)21/h2-9,12,22H,10-11H2,1H3,(H,24,26)(H,25,27). The smallest absolute Gasteiger partial charge is 0.257 e. The number of nitrogens with one attached hydrogen (secondary N) is 3. The Morgan fingerprint density at radius 2 is 1.79 bits per heavy atom. The van der Waals surface area contributed by atoms with E-state index in [1.165, 1.54) is 11.3 Å². The number of ether oxygens (including phenoxy) is 1. The maximum absolute atomic E-state index is 12.1. The first kappa shape index (κ1) is 20.6. The average molecular weight is 431 g/mol. The molecular weight excluding hydrogens is 412 g/mol. The summed E-state index contributed by atoms with van der Waals surface area (Å²) >= 11 is 7.59. The third-order valence-electron chi connectivity index (χ3n) is 3.89. The van der Waals surface area contributed by atoms with Gasteiger partial charge in [0.05, 0.1) is 36.5 Å². The first-order valence-electron chi connectivity index (χ1n) is 8.70. The van der Waals surface area contributed by atoms with Gasteiger partial charge in [-0.25, -0.2) is 4.98 Å². The van der Waals surface area contributed by atoms with Crippen molar-refractivity contribution in [1.82, 2.24) is 15.8 Å². The summed E-state index contributed by atoms with van der Waals surface area (Å²) in [6, 6.07) is 14.6. The lowest BCUT2D eigenvalue weighted by Gasteiger charge is -2.11. The number of para-hydroxylation sites is 2. The quantitative estimate of drug-likeness (QED) is 0.500. The van der Waals surface area contributed by atoms with E-state index in [4.69, 9.17) is 16.3 Å². The number of nitrogens with zero attached hydrogens (tertiary/aromatic N) is 1. The lowest BCUT2D eigenvalue weighted by molar-refractivity contribution is -0.127. The van der Waals surface area contributed by atoms with Gasteiger partial charge in [-0.3, -0.25) is 20.4 Å². The largest absolute Gasteiger partial charge is 0.495 e. The normalized spacial score (nSPS) is 10.3. The third-order valence-corrected chi connectivity index (χ3v) is 5.14. The Kier molecular flexibility index (Phi) is 7.04. The van der Waals surface area contributed by atoms with Crippen molar-refractivity contribution in [3.05, 3.63) is 64.6 Å². The van der Waals surface area contributed by atoms with Crippen LogP contribution in [0.2, 0.25) is 5.02 Å². The molecule has 0 aliphatic heterocycles. The van der Waals surface area contributed by atoms with Crippen LogP contribution in [-0.2, 0) is 16.0 Å². The van der Waals surface area contributed by atoms with Gasteiger partial charge in [-0.1, -0.05) is 41.9 Å². The van der Waals surface area contributed by atoms with Crippen molar-refractivity contribution in [3.8, 4) is 16.3 Å². The van der Waals surface area contributed by atoms with E-state index in [-0.39, 0.29) is 24.8 Å². The molecule has 0 fully saturated rings. The fourth-order valence-electron chi connectivity index (χ4n) is 2.51. The number of carbonyl (C=O) groups is 2. The maximum atomic E-state index is 12.1. The Hall–Kier alpha value is -3.10. The molecule has 0 saturated heterocycles. The summed E-state index contributed by atoms with van der Waals surface area (Å²) in [5.41, 5.74) is 6.86. The molecule has 2 amide bonds. The Labute approximate surface area is 177 Å². The summed E-state index contributed by atoms with van der Waals surface area (Å²) in [6.07, 6.45) is 0.0428. The van der Waals surface area contributed by atoms with Gasteiger partial charge in [0.25, 0.3) is 5.91 Å². The molecule has 3 rings (SSSR count). The highest BCUT2D eigenvalue weighted by atomic mass is 35.5. The maximum Gasteiger partial charge on any atom is 0.257 e. The second-order valence-electron chi connectivity index (χ2n) is 5.95. The van der Waals surface area contributed by atoms with Crippen molar-refractivity contribution in [1.29, 1.82) is 0 Å². The fraction of sp³-hybridized carbons (Fsp3) is 0.150. The molecule has 0 saturated carbocycles. The number of hydrogen-bond acceptors (Lipinski definition) is 6. The average Bonchev–Trinajstić information content (AvgIpc) is 3.19. The van der Waals surface area contributed by atoms with Gasteiger partial charge in [0.2, 0.25) is 5.91 Å². The number of hydrogen-bond donors (Lipinski definition) is 3. The van der Waals surface area contributed by atoms with Crippen LogP contribution in [0.15, 0.2) is 53.9 Å². The van der Waals surface area contributed by atoms with E-state index in [2.05, 4.69) is 21.2 Å². The second-order valence-corrected chi connectivity index (χ2v) is 7.22. The molecule has 7 nitrogen and oxygen atoms in total. The molecule has 0 unspecified atom stereocenters. The molecule has 29 heavy (non-hydrogen) atoms. The number of anilines is 1. The van der Waals surface area contributed by atoms with E-state index in [1.54, 1.807) is 30.7 Å². The van der Waals surface area contributed by atoms with E-state index >= 15 is 0 Å². The summed E-state index contributed by atoms with van der Waals surface area (Å²) in [7, 11) is 1.55. The highest BCUT2D eigenvalue weighted by Gasteiger charge is 2.12. The third kappa shape index (κ3) is 5.69. The molecule has 0 aliphatic rings. The van der Waals surface area contributed by atoms with Crippen molar-refractivity contribution < 1.29 is 14.3 Å². The summed E-state index contributed by atoms with van der Waals surface area (Å²) < 4.78 is 5.21. The molecule has 0 atom stereocenters. The molecule has 9 heteroatoms. The van der Waals surface area contributed by atoms with Crippen LogP contribution in [0.1, 0.15) is 5.69 Å². The van der Waals surface area contributed by atoms with Crippen molar-refractivity contribution in [2.75, 3.05) is 19.0 Å². The SMILES string of the molecule is COc1ccccc1NCC(=O)NNC(=O)Cc1csc(-c2ccccc2Cl)n1. The van der Waals surface area contributed by atoms with E-state index in [9.17, 15) is 9.59 Å². The van der Waals surface area contributed by atoms with Gasteiger partial charge in [0, 0.05) is 10.9 Å². The van der Waals surface area contributed by atoms with Crippen molar-refractivity contribution in [3.63, 3.8) is 0 Å². The van der Waals surface area contributed by atoms with E-state index in [1.807, 2.05) is 30.3 Å². The number of rotatable bonds is 7. The number of amides is 2. The number of hydrazine groups is 1. The van der Waals surface area contributed by atoms with Gasteiger partial charge in [0.15, 0.2) is 0 Å². The second kappa shape index (κ2) is 9.90. The molecule has 150 valence electrons. The molecule has 0 aliphatic carbocycles. The van der Waals surface area contributed by atoms with Crippen LogP contribution in [0, 0.1) is 0 Å². The lowest BCUT2D eigenvalue weighted by Crippen LogP contribution is -2.44. The summed E-state index contributed by atoms with van der Waals surface area (Å²) in [5, 5.41) is 6.09. The molecule has 1 aromatic heterocycles. The van der Waals surface area contributed by atoms with Crippen LogP contribution in [0.4, 0.5) is 5.69 Å². The Balaban J connectivity index is 1.46. The lowest BCUT2D eigenvalue weighted by atomic mass is 10.2. The molecule has 0 bridgehead atoms. The summed E-state index contributed by atoms with van der Waals surface area (Å²) in [4.78, 5) is 28.5. The molecule has 0 spiro atoms. The van der Waals surface area contributed by atoms with Crippen LogP contribution < -0.4 is 20.9 Å². The number of benzene rings is 2. The topological polar surface area (TPSA) is 92.4 Å². The molecule has 1 heterocycles. The highest BCUT2D eigenvalue weighted by Crippen LogP contribution is 2.30. The number of thiazole rings is 1. The predicted octanol–water partition coefficient (Wildman–Crippen LogP) is 3.27. The fourth-order valence-corrected chi connectivity index (χ4v) is 3.64. The van der Waals surface area contributed by atoms with Crippen molar-refractivity contribution in [2.24, 2.45) is 0 Å². The highest BCUT2D eigenvalue weighted by molar-refractivity contribution is 7.13. The van der Waals surface area contributed by atoms with Gasteiger partial charge >= 0.3 is 0 Å². The number of aromatic nitrogens is 1. The van der Waals surface area contributed by atoms with Gasteiger partial charge in [-0.15, -0.1) is 11.3 Å². The number of methoxy groups -OCH3 is 1. The minimum absolute atomic E-state index is 0.0198. The predicted molar refractivity (Wildman–Crippen MR) is 114 cm³/mol. The Bertz CT molecular complexity index is 1010. The van der Waals surface area contributed by atoms with Gasteiger partial charge in [-0.2, -0.15) is 0 Å². The molecular formula is C20H19ClN4O3S. The zero-order chi connectivity index (χ0) is 20.6. The number of halogens is 1. The van der Waals surface area contributed by atoms with Crippen molar-refractivity contribution >= 4 is 40.4 Å². The van der Waals surface area contributed by atoms with Crippen LogP contribution in [0.5, 0.6) is 5.75 Å². The summed E-state index contributed by atoms with van der Waals surface area (Å²) in [6.45, 7) is -0.0198. The first-order chi connectivity index (χ1) is 14.1. The van der Waals surface area contributed by atoms with E-state index in [0.717, 1.165) is 10.6 Å². The van der Waals surface area contributed by atoms with Crippen LogP contribution in [0.25, 0.3) is 10.6 Å². The zero-order valence-electron chi connectivity index (χ0n) is 15.6. The van der Waals surface area contributed by atoms with Crippen LogP contribution in [-0.4, -0.2) is 30.5 Å². The van der Waals surface area contributed by atoms with E-state index in [0.29, 0.717) is 22.2 Å². The number of carbonyl (C=O) groups excluding carboxylic acids is 2. The van der Waals surface area contributed by atoms with Gasteiger partial charge in [-0.05, 0) is 18.2 Å². The minimum atomic E-state index is -0.390. The molecule has 3 aromatic rings. The zero-order valence-corrected chi connectivity index (χ0v) is 17.1. The molecule has 3 N–H and O–H groups in total. The van der Waals surface area contributed by atoms with Gasteiger partial charge < -0.3 is 10.1 Å². The first-order valence-corrected chi connectivity index (χ1v) is 9.96. The Morgan fingerprint density at radius 1 is 1.07 bits per heavy atom. The van der Waals surface area contributed by atoms with Gasteiger partial charge in [0.1, 0.15) is 10.8 Å². The van der Waals surface area contributed by atoms with Crippen LogP contribution in [0.3, 0.4) is 0 Å². The Morgan fingerprint density at radius 3 is 2.59 bits per heavy atom. The molecule has 0 radical (unpaired) electrons. The van der Waals surface area contributed by atoms with Crippen molar-refractivity contribution in [2.45, 2.75) is 6.42 Å². The molecule has 2 aromatic carbocycles. The van der Waals surface area contributed by atoms with E-state index < -0.39 is 0 Å². The van der Waals surface area contributed by atoms with Crippen LogP contribution >= 0.6 is 22.9 Å². The summed E-state index contributed by atoms with van der Waals surface area (Å²) in [5.74, 6) is -0.131. The monoisotopic (exact) mass is 430 g/mol. The minimum Gasteiger partial charge on any atom is -0.495 e.